The van der Waals surface area contributed by atoms with Crippen LogP contribution in [0, 0.1) is 5.92 Å². The van der Waals surface area contributed by atoms with Crippen LogP contribution in [0.5, 0.6) is 5.75 Å². The van der Waals surface area contributed by atoms with Crippen LogP contribution in [0.1, 0.15) is 35.8 Å². The molecule has 1 N–H and O–H groups in total. The Balaban J connectivity index is 1.57. The highest BCUT2D eigenvalue weighted by atomic mass is 16.5. The number of piperidine rings is 1. The van der Waals surface area contributed by atoms with Gasteiger partial charge in [-0.3, -0.25) is 4.79 Å². The molecule has 0 unspecified atom stereocenters. The van der Waals surface area contributed by atoms with Gasteiger partial charge < -0.3 is 15.0 Å². The Morgan fingerprint density at radius 3 is 2.81 bits per heavy atom. The summed E-state index contributed by atoms with van der Waals surface area (Å²) in [6.07, 6.45) is 4.64. The van der Waals surface area contributed by atoms with Crippen molar-refractivity contribution in [1.82, 2.24) is 15.3 Å². The molecule has 2 aromatic rings. The third-order valence-corrected chi connectivity index (χ3v) is 4.81. The normalized spacial score (nSPS) is 14.9. The van der Waals surface area contributed by atoms with E-state index in [1.54, 1.807) is 19.4 Å². The maximum Gasteiger partial charge on any atom is 0.270 e. The maximum absolute atomic E-state index is 12.4. The van der Waals surface area contributed by atoms with Crippen molar-refractivity contribution in [3.05, 3.63) is 47.8 Å². The third kappa shape index (κ3) is 4.50. The SMILES string of the molecule is COc1ccccc1CCNC(=O)c1ccnc(N2CCC(C)CC2)n1. The first-order chi connectivity index (χ1) is 12.7. The fraction of sp³-hybridized carbons (Fsp3) is 0.450. The van der Waals surface area contributed by atoms with Crippen LogP contribution in [-0.2, 0) is 6.42 Å². The van der Waals surface area contributed by atoms with E-state index < -0.39 is 0 Å². The molecule has 1 saturated heterocycles. The lowest BCUT2D eigenvalue weighted by Gasteiger charge is -2.30. The number of para-hydroxylation sites is 1. The van der Waals surface area contributed by atoms with Crippen LogP contribution in [0.3, 0.4) is 0 Å². The minimum atomic E-state index is -0.172. The highest BCUT2D eigenvalue weighted by molar-refractivity contribution is 5.92. The van der Waals surface area contributed by atoms with Crippen molar-refractivity contribution in [3.8, 4) is 5.75 Å². The topological polar surface area (TPSA) is 67.3 Å². The highest BCUT2D eigenvalue weighted by Crippen LogP contribution is 2.20. The number of benzene rings is 1. The summed E-state index contributed by atoms with van der Waals surface area (Å²) in [6.45, 7) is 4.68. The molecule has 0 bridgehead atoms. The first kappa shape index (κ1) is 18.2. The quantitative estimate of drug-likeness (QED) is 0.864. The van der Waals surface area contributed by atoms with Crippen molar-refractivity contribution in [2.24, 2.45) is 5.92 Å². The van der Waals surface area contributed by atoms with Gasteiger partial charge in [-0.1, -0.05) is 25.1 Å². The van der Waals surface area contributed by atoms with Gasteiger partial charge in [0, 0.05) is 25.8 Å². The Labute approximate surface area is 154 Å². The Kier molecular flexibility index (Phi) is 6.04. The van der Waals surface area contributed by atoms with E-state index in [2.05, 4.69) is 27.1 Å². The molecular formula is C20H26N4O2. The molecule has 1 aromatic heterocycles. The zero-order valence-electron chi connectivity index (χ0n) is 15.4. The van der Waals surface area contributed by atoms with Gasteiger partial charge >= 0.3 is 0 Å². The predicted octanol–water partition coefficient (Wildman–Crippen LogP) is 2.69. The van der Waals surface area contributed by atoms with Gasteiger partial charge in [-0.2, -0.15) is 0 Å². The van der Waals surface area contributed by atoms with Gasteiger partial charge in [0.15, 0.2) is 0 Å². The van der Waals surface area contributed by atoms with Crippen LogP contribution in [0.25, 0.3) is 0 Å². The van der Waals surface area contributed by atoms with Crippen LogP contribution in [0.4, 0.5) is 5.95 Å². The molecule has 6 nitrogen and oxygen atoms in total. The molecule has 0 atom stereocenters. The summed E-state index contributed by atoms with van der Waals surface area (Å²) in [5.41, 5.74) is 1.48. The molecule has 138 valence electrons. The largest absolute Gasteiger partial charge is 0.496 e. The predicted molar refractivity (Wildman–Crippen MR) is 102 cm³/mol. The molecule has 2 heterocycles. The monoisotopic (exact) mass is 354 g/mol. The molecule has 0 saturated carbocycles. The number of methoxy groups -OCH3 is 1. The number of ether oxygens (including phenoxy) is 1. The molecule has 3 rings (SSSR count). The fourth-order valence-electron chi connectivity index (χ4n) is 3.15. The van der Waals surface area contributed by atoms with Crippen molar-refractivity contribution in [1.29, 1.82) is 0 Å². The molecule has 0 spiro atoms. The van der Waals surface area contributed by atoms with E-state index in [9.17, 15) is 4.79 Å². The van der Waals surface area contributed by atoms with Crippen molar-refractivity contribution in [2.75, 3.05) is 31.6 Å². The van der Waals surface area contributed by atoms with Gasteiger partial charge in [0.25, 0.3) is 5.91 Å². The average molecular weight is 354 g/mol. The molecule has 0 aliphatic carbocycles. The summed E-state index contributed by atoms with van der Waals surface area (Å²) in [5, 5.41) is 2.93. The van der Waals surface area contributed by atoms with Gasteiger partial charge in [0.1, 0.15) is 11.4 Å². The van der Waals surface area contributed by atoms with Gasteiger partial charge in [-0.15, -0.1) is 0 Å². The molecular weight excluding hydrogens is 328 g/mol. The summed E-state index contributed by atoms with van der Waals surface area (Å²) in [4.78, 5) is 23.4. The molecule has 6 heteroatoms. The Morgan fingerprint density at radius 2 is 2.04 bits per heavy atom. The third-order valence-electron chi connectivity index (χ3n) is 4.81. The molecule has 1 aliphatic rings. The van der Waals surface area contributed by atoms with Gasteiger partial charge in [-0.05, 0) is 42.9 Å². The lowest BCUT2D eigenvalue weighted by molar-refractivity contribution is 0.0949. The van der Waals surface area contributed by atoms with Gasteiger partial charge in [0.05, 0.1) is 7.11 Å². The van der Waals surface area contributed by atoms with E-state index in [1.807, 2.05) is 24.3 Å². The summed E-state index contributed by atoms with van der Waals surface area (Å²) >= 11 is 0. The molecule has 1 aliphatic heterocycles. The van der Waals surface area contributed by atoms with Crippen LogP contribution >= 0.6 is 0 Å². The van der Waals surface area contributed by atoms with E-state index in [-0.39, 0.29) is 5.91 Å². The Morgan fingerprint density at radius 1 is 1.27 bits per heavy atom. The number of nitrogens with zero attached hydrogens (tertiary/aromatic N) is 3. The summed E-state index contributed by atoms with van der Waals surface area (Å²) in [6, 6.07) is 9.49. The van der Waals surface area contributed by atoms with Gasteiger partial charge in [0.2, 0.25) is 5.95 Å². The highest BCUT2D eigenvalue weighted by Gasteiger charge is 2.19. The van der Waals surface area contributed by atoms with Crippen molar-refractivity contribution in [2.45, 2.75) is 26.2 Å². The summed E-state index contributed by atoms with van der Waals surface area (Å²) < 4.78 is 5.34. The molecule has 1 aromatic carbocycles. The number of hydrogen-bond donors (Lipinski definition) is 1. The van der Waals surface area contributed by atoms with Crippen LogP contribution in [0.2, 0.25) is 0 Å². The average Bonchev–Trinajstić information content (AvgIpc) is 2.69. The number of carbonyl (C=O) groups is 1. The number of hydrogen-bond acceptors (Lipinski definition) is 5. The zero-order valence-corrected chi connectivity index (χ0v) is 15.4. The number of carbonyl (C=O) groups excluding carboxylic acids is 1. The summed E-state index contributed by atoms with van der Waals surface area (Å²) in [5.74, 6) is 2.06. The fourth-order valence-corrected chi connectivity index (χ4v) is 3.15. The molecule has 0 radical (unpaired) electrons. The first-order valence-electron chi connectivity index (χ1n) is 9.15. The lowest BCUT2D eigenvalue weighted by atomic mass is 10.00. The minimum absolute atomic E-state index is 0.172. The van der Waals surface area contributed by atoms with Gasteiger partial charge in [-0.25, -0.2) is 9.97 Å². The molecule has 1 fully saturated rings. The molecule has 1 amide bonds. The molecule has 26 heavy (non-hydrogen) atoms. The number of aromatic nitrogens is 2. The first-order valence-corrected chi connectivity index (χ1v) is 9.15. The van der Waals surface area contributed by atoms with E-state index in [4.69, 9.17) is 4.74 Å². The standard InChI is InChI=1S/C20H26N4O2/c1-15-9-13-24(14-10-15)20-22-12-8-17(23-20)19(25)21-11-7-16-5-3-4-6-18(16)26-2/h3-6,8,12,15H,7,9-11,13-14H2,1-2H3,(H,21,25). The number of anilines is 1. The second-order valence-corrected chi connectivity index (χ2v) is 6.73. The minimum Gasteiger partial charge on any atom is -0.496 e. The second-order valence-electron chi connectivity index (χ2n) is 6.73. The number of amides is 1. The number of rotatable bonds is 6. The lowest BCUT2D eigenvalue weighted by Crippen LogP contribution is -2.35. The zero-order chi connectivity index (χ0) is 18.4. The van der Waals surface area contributed by atoms with E-state index in [1.165, 1.54) is 0 Å². The maximum atomic E-state index is 12.4. The second kappa shape index (κ2) is 8.65. The van der Waals surface area contributed by atoms with E-state index in [0.29, 0.717) is 24.6 Å². The Bertz CT molecular complexity index is 742. The number of nitrogens with one attached hydrogen (secondary N) is 1. The van der Waals surface area contributed by atoms with Crippen LogP contribution in [-0.4, -0.2) is 42.6 Å². The van der Waals surface area contributed by atoms with Crippen molar-refractivity contribution in [3.63, 3.8) is 0 Å². The smallest absolute Gasteiger partial charge is 0.270 e. The van der Waals surface area contributed by atoms with E-state index >= 15 is 0 Å². The summed E-state index contributed by atoms with van der Waals surface area (Å²) in [7, 11) is 1.65. The van der Waals surface area contributed by atoms with Crippen molar-refractivity contribution < 1.29 is 9.53 Å². The van der Waals surface area contributed by atoms with E-state index in [0.717, 1.165) is 43.2 Å². The van der Waals surface area contributed by atoms with Crippen LogP contribution in [0.15, 0.2) is 36.5 Å². The Hall–Kier alpha value is -2.63. The van der Waals surface area contributed by atoms with Crippen LogP contribution < -0.4 is 15.0 Å². The van der Waals surface area contributed by atoms with Crippen molar-refractivity contribution >= 4 is 11.9 Å².